The first-order valence-corrected chi connectivity index (χ1v) is 11.6. The SMILES string of the molecule is CCCC1CCC(c2cc(F)[c]([Co](=[O])[c]3cc(F)c(OC=C(F)F)c(F)c3)c(F)c2)CC1. The summed E-state index contributed by atoms with van der Waals surface area (Å²) in [6, 6.07) is 3.35. The van der Waals surface area contributed by atoms with Gasteiger partial charge in [0.25, 0.3) is 0 Å². The number of hydrogen-bond acceptors (Lipinski definition) is 2. The van der Waals surface area contributed by atoms with E-state index in [1.165, 1.54) is 0 Å². The summed E-state index contributed by atoms with van der Waals surface area (Å²) in [5, 5.41) is 0. The average Bonchev–Trinajstić information content (AvgIpc) is 2.73. The zero-order chi connectivity index (χ0) is 23.4. The van der Waals surface area contributed by atoms with Gasteiger partial charge in [0.15, 0.2) is 0 Å². The van der Waals surface area contributed by atoms with Gasteiger partial charge < -0.3 is 0 Å². The van der Waals surface area contributed by atoms with Gasteiger partial charge in [0, 0.05) is 0 Å². The van der Waals surface area contributed by atoms with Crippen molar-refractivity contribution in [3.05, 3.63) is 65.4 Å². The first-order chi connectivity index (χ1) is 15.2. The monoisotopic (exact) mass is 503 g/mol. The number of rotatable bonds is 7. The summed E-state index contributed by atoms with van der Waals surface area (Å²) in [4.78, 5) is 0. The Hall–Kier alpha value is -2.13. The predicted molar refractivity (Wildman–Crippen MR) is 103 cm³/mol. The van der Waals surface area contributed by atoms with Gasteiger partial charge in [0.2, 0.25) is 0 Å². The van der Waals surface area contributed by atoms with E-state index in [1.54, 1.807) is 0 Å². The van der Waals surface area contributed by atoms with Gasteiger partial charge in [-0.2, -0.15) is 0 Å². The number of benzene rings is 2. The average molecular weight is 503 g/mol. The van der Waals surface area contributed by atoms with Crippen LogP contribution in [0.5, 0.6) is 5.75 Å². The quantitative estimate of drug-likeness (QED) is 0.325. The van der Waals surface area contributed by atoms with Gasteiger partial charge in [-0.25, -0.2) is 0 Å². The van der Waals surface area contributed by atoms with Crippen LogP contribution in [0.3, 0.4) is 0 Å². The van der Waals surface area contributed by atoms with Crippen molar-refractivity contribution in [2.24, 2.45) is 5.92 Å². The van der Waals surface area contributed by atoms with Crippen molar-refractivity contribution in [2.45, 2.75) is 51.4 Å². The molecule has 1 fully saturated rings. The summed E-state index contributed by atoms with van der Waals surface area (Å²) >= 11 is -2.99. The van der Waals surface area contributed by atoms with Crippen LogP contribution < -0.4 is 13.7 Å². The standard InChI is InChI=1S/C15H19F2.C8H3F4O.Co.O/c1-2-3-11-4-6-12(7-5-11)13-8-14(16)10-15(17)9-13;9-5-2-1-3-6(10)8(5)13-4-7(11)12;;/h8-9,11-12H,2-7H2,1H3;2-4H;;. The van der Waals surface area contributed by atoms with Gasteiger partial charge in [-0.1, -0.05) is 0 Å². The van der Waals surface area contributed by atoms with Gasteiger partial charge >= 0.3 is 186 Å². The fourth-order valence-corrected chi connectivity index (χ4v) is 5.50. The van der Waals surface area contributed by atoms with Crippen LogP contribution in [-0.4, -0.2) is 0 Å². The molecule has 0 bridgehead atoms. The summed E-state index contributed by atoms with van der Waals surface area (Å²) < 4.78 is 97.5. The molecule has 32 heavy (non-hydrogen) atoms. The minimum absolute atomic E-state index is 0.00552. The molecule has 0 amide bonds. The molecule has 0 aromatic heterocycles. The van der Waals surface area contributed by atoms with Crippen molar-refractivity contribution in [2.75, 3.05) is 0 Å². The van der Waals surface area contributed by atoms with Gasteiger partial charge in [-0.3, -0.25) is 0 Å². The normalized spacial score (nSPS) is 18.9. The fourth-order valence-electron chi connectivity index (χ4n) is 4.06. The molecule has 0 unspecified atom stereocenters. The predicted octanol–water partition coefficient (Wildman–Crippen LogP) is 6.35. The van der Waals surface area contributed by atoms with Crippen molar-refractivity contribution in [3.63, 3.8) is 0 Å². The Kier molecular flexibility index (Phi) is 8.16. The molecule has 3 rings (SSSR count). The molecule has 1 aliphatic carbocycles. The van der Waals surface area contributed by atoms with Crippen molar-refractivity contribution in [3.8, 4) is 5.75 Å². The van der Waals surface area contributed by atoms with E-state index in [1.807, 2.05) is 0 Å². The molecule has 1 aliphatic rings. The van der Waals surface area contributed by atoms with Crippen LogP contribution in [0.15, 0.2) is 36.6 Å². The Bertz CT molecular complexity index is 981. The molecule has 0 radical (unpaired) electrons. The molecule has 0 N–H and O–H groups in total. The molecule has 0 heterocycles. The first-order valence-electron chi connectivity index (χ1n) is 10.2. The number of hydrogen-bond donors (Lipinski definition) is 0. The Morgan fingerprint density at radius 3 is 2.03 bits per heavy atom. The van der Waals surface area contributed by atoms with E-state index >= 15 is 0 Å². The van der Waals surface area contributed by atoms with Crippen molar-refractivity contribution >= 4 is 9.00 Å². The van der Waals surface area contributed by atoms with Gasteiger partial charge in [0.1, 0.15) is 0 Å². The second kappa shape index (κ2) is 10.7. The van der Waals surface area contributed by atoms with Crippen LogP contribution in [0.4, 0.5) is 26.3 Å². The molecule has 2 aromatic rings. The summed E-state index contributed by atoms with van der Waals surface area (Å²) in [7, 11) is 0. The summed E-state index contributed by atoms with van der Waals surface area (Å²) in [5.74, 6) is -5.50. The molecule has 0 atom stereocenters. The topological polar surface area (TPSA) is 26.3 Å². The van der Waals surface area contributed by atoms with Crippen molar-refractivity contribution in [1.29, 1.82) is 0 Å². The van der Waals surface area contributed by atoms with E-state index in [0.29, 0.717) is 23.6 Å². The van der Waals surface area contributed by atoms with Crippen LogP contribution in [0.25, 0.3) is 0 Å². The Labute approximate surface area is 186 Å². The van der Waals surface area contributed by atoms with Gasteiger partial charge in [-0.05, 0) is 0 Å². The molecule has 2 aromatic carbocycles. The molecular weight excluding hydrogens is 481 g/mol. The molecule has 177 valence electrons. The van der Waals surface area contributed by atoms with E-state index in [2.05, 4.69) is 11.7 Å². The molecule has 9 heteroatoms. The fraction of sp³-hybridized carbons (Fsp3) is 0.391. The van der Waals surface area contributed by atoms with Crippen LogP contribution >= 0.6 is 0 Å². The van der Waals surface area contributed by atoms with Crippen molar-refractivity contribution < 1.29 is 48.5 Å². The number of halogens is 6. The van der Waals surface area contributed by atoms with E-state index in [-0.39, 0.29) is 12.2 Å². The van der Waals surface area contributed by atoms with Gasteiger partial charge in [0.05, 0.1) is 0 Å². The molecule has 1 saturated carbocycles. The zero-order valence-electron chi connectivity index (χ0n) is 17.2. The second-order valence-electron chi connectivity index (χ2n) is 7.70. The number of ether oxygens (including phenoxy) is 1. The Balaban J connectivity index is 1.84. The third kappa shape index (κ3) is 5.61. The summed E-state index contributed by atoms with van der Waals surface area (Å²) in [5.41, 5.74) is 0.475. The van der Waals surface area contributed by atoms with E-state index in [9.17, 15) is 30.2 Å². The molecule has 0 saturated heterocycles. The maximum absolute atomic E-state index is 14.8. The van der Waals surface area contributed by atoms with Crippen LogP contribution in [0.1, 0.15) is 56.9 Å². The third-order valence-corrected chi connectivity index (χ3v) is 7.36. The minimum atomic E-state index is -2.99. The van der Waals surface area contributed by atoms with E-state index in [4.69, 9.17) is 0 Å². The zero-order valence-corrected chi connectivity index (χ0v) is 18.2. The maximum atomic E-state index is 14.8. The Morgan fingerprint density at radius 2 is 1.53 bits per heavy atom. The Morgan fingerprint density at radius 1 is 0.969 bits per heavy atom. The molecular formula is C23H22CoF6O2. The second-order valence-corrected chi connectivity index (χ2v) is 9.51. The summed E-state index contributed by atoms with van der Waals surface area (Å²) in [6.07, 6.45) is 3.32. The van der Waals surface area contributed by atoms with E-state index < -0.39 is 57.7 Å². The van der Waals surface area contributed by atoms with Crippen LogP contribution in [-0.2, 0) is 17.5 Å². The van der Waals surface area contributed by atoms with Gasteiger partial charge in [-0.15, -0.1) is 0 Å². The molecule has 0 aliphatic heterocycles. The summed E-state index contributed by atoms with van der Waals surface area (Å²) in [6.45, 7) is 2.12. The van der Waals surface area contributed by atoms with Crippen LogP contribution in [0.2, 0.25) is 0 Å². The first kappa shape index (κ1) is 24.5. The van der Waals surface area contributed by atoms with Crippen LogP contribution in [0, 0.1) is 29.2 Å². The third-order valence-electron chi connectivity index (χ3n) is 5.54. The van der Waals surface area contributed by atoms with Crippen molar-refractivity contribution in [1.82, 2.24) is 0 Å². The van der Waals surface area contributed by atoms with E-state index in [0.717, 1.165) is 50.7 Å². The molecule has 0 spiro atoms. The molecule has 2 nitrogen and oxygen atoms in total.